The first-order valence-corrected chi connectivity index (χ1v) is 12.3. The lowest BCUT2D eigenvalue weighted by Gasteiger charge is -2.25. The SMILES string of the molecule is COCN(c1cccc(-c2nc(N)sc2-c2ccnc(Cl)n2)c1F)S(=O)(=O)c1c(F)cccc1F. The molecule has 0 aliphatic carbocycles. The van der Waals surface area contributed by atoms with Crippen molar-refractivity contribution >= 4 is 43.8 Å². The molecule has 4 rings (SSSR count). The number of anilines is 2. The first-order chi connectivity index (χ1) is 16.6. The summed E-state index contributed by atoms with van der Waals surface area (Å²) >= 11 is 6.88. The van der Waals surface area contributed by atoms with Crippen molar-refractivity contribution in [2.45, 2.75) is 4.90 Å². The number of nitrogens with two attached hydrogens (primary N) is 1. The number of hydrogen-bond donors (Lipinski definition) is 1. The Hall–Kier alpha value is -3.26. The molecule has 2 aromatic heterocycles. The maximum Gasteiger partial charge on any atom is 0.272 e. The molecule has 0 unspecified atom stereocenters. The maximum atomic E-state index is 15.9. The van der Waals surface area contributed by atoms with E-state index < -0.39 is 44.8 Å². The number of benzene rings is 2. The quantitative estimate of drug-likeness (QED) is 0.266. The Kier molecular flexibility index (Phi) is 6.94. The minimum Gasteiger partial charge on any atom is -0.375 e. The highest BCUT2D eigenvalue weighted by atomic mass is 35.5. The van der Waals surface area contributed by atoms with Crippen LogP contribution >= 0.6 is 22.9 Å². The van der Waals surface area contributed by atoms with Gasteiger partial charge < -0.3 is 10.5 Å². The van der Waals surface area contributed by atoms with E-state index >= 15 is 4.39 Å². The number of ether oxygens (including phenoxy) is 1. The molecule has 0 fully saturated rings. The van der Waals surface area contributed by atoms with Gasteiger partial charge in [-0.05, 0) is 41.9 Å². The van der Waals surface area contributed by atoms with E-state index in [1.165, 1.54) is 24.4 Å². The van der Waals surface area contributed by atoms with Crippen LogP contribution < -0.4 is 10.0 Å². The molecule has 0 saturated heterocycles. The van der Waals surface area contributed by atoms with Crippen molar-refractivity contribution in [2.75, 3.05) is 23.9 Å². The molecule has 8 nitrogen and oxygen atoms in total. The van der Waals surface area contributed by atoms with E-state index in [1.54, 1.807) is 0 Å². The van der Waals surface area contributed by atoms with E-state index in [9.17, 15) is 17.2 Å². The van der Waals surface area contributed by atoms with Gasteiger partial charge in [-0.2, -0.15) is 0 Å². The molecule has 4 aromatic rings. The van der Waals surface area contributed by atoms with Crippen LogP contribution in [0.2, 0.25) is 5.28 Å². The topological polar surface area (TPSA) is 111 Å². The van der Waals surface area contributed by atoms with Crippen LogP contribution in [0.25, 0.3) is 21.8 Å². The monoisotopic (exact) mass is 541 g/mol. The summed E-state index contributed by atoms with van der Waals surface area (Å²) in [7, 11) is -3.77. The van der Waals surface area contributed by atoms with Crippen LogP contribution in [0.5, 0.6) is 0 Å². The van der Waals surface area contributed by atoms with Crippen LogP contribution in [0.4, 0.5) is 24.0 Å². The van der Waals surface area contributed by atoms with Gasteiger partial charge in [0.25, 0.3) is 10.0 Å². The normalized spacial score (nSPS) is 11.6. The molecule has 0 atom stereocenters. The average molecular weight is 542 g/mol. The van der Waals surface area contributed by atoms with Gasteiger partial charge in [0.15, 0.2) is 15.8 Å². The largest absolute Gasteiger partial charge is 0.375 e. The third kappa shape index (κ3) is 4.67. The predicted octanol–water partition coefficient (Wildman–Crippen LogP) is 4.72. The Morgan fingerprint density at radius 2 is 1.77 bits per heavy atom. The fourth-order valence-corrected chi connectivity index (χ4v) is 5.73. The zero-order chi connectivity index (χ0) is 25.3. The summed E-state index contributed by atoms with van der Waals surface area (Å²) in [4.78, 5) is 11.2. The molecular weight excluding hydrogens is 527 g/mol. The highest BCUT2D eigenvalue weighted by Gasteiger charge is 2.34. The number of rotatable bonds is 7. The Labute approximate surface area is 206 Å². The standard InChI is InChI=1S/C21H15ClF3N5O3S2/c1-33-10-30(35(31,32)19-12(23)5-3-6-13(19)24)15-7-2-4-11(16(15)25)17-18(34-21(26)29-17)14-8-9-27-20(22)28-14/h2-9H,10H2,1H3,(H2,26,29). The second-order valence-electron chi connectivity index (χ2n) is 6.90. The summed E-state index contributed by atoms with van der Waals surface area (Å²) in [6.45, 7) is -0.732. The van der Waals surface area contributed by atoms with Gasteiger partial charge in [0.05, 0.1) is 22.0 Å². The van der Waals surface area contributed by atoms with Crippen molar-refractivity contribution in [2.24, 2.45) is 0 Å². The number of nitrogens with zero attached hydrogens (tertiary/aromatic N) is 4. The second-order valence-corrected chi connectivity index (χ2v) is 10.1. The molecule has 0 spiro atoms. The summed E-state index contributed by atoms with van der Waals surface area (Å²) in [5, 5.41) is 0.0308. The van der Waals surface area contributed by atoms with Gasteiger partial charge >= 0.3 is 0 Å². The summed E-state index contributed by atoms with van der Waals surface area (Å²) in [6.07, 6.45) is 1.40. The number of nitrogen functional groups attached to an aromatic ring is 1. The first-order valence-electron chi connectivity index (χ1n) is 9.65. The molecular formula is C21H15ClF3N5O3S2. The zero-order valence-corrected chi connectivity index (χ0v) is 20.1. The molecule has 182 valence electrons. The maximum absolute atomic E-state index is 15.9. The van der Waals surface area contributed by atoms with Gasteiger partial charge in [0.2, 0.25) is 5.28 Å². The van der Waals surface area contributed by atoms with Crippen molar-refractivity contribution in [3.63, 3.8) is 0 Å². The van der Waals surface area contributed by atoms with E-state index in [-0.39, 0.29) is 21.7 Å². The highest BCUT2D eigenvalue weighted by molar-refractivity contribution is 7.92. The molecule has 0 amide bonds. The molecule has 0 aliphatic rings. The minimum absolute atomic E-state index is 0.0566. The molecule has 2 heterocycles. The molecule has 0 saturated carbocycles. The van der Waals surface area contributed by atoms with E-state index in [0.29, 0.717) is 14.9 Å². The third-order valence-electron chi connectivity index (χ3n) is 4.72. The summed E-state index contributed by atoms with van der Waals surface area (Å²) in [5.41, 5.74) is 5.59. The van der Waals surface area contributed by atoms with Crippen LogP contribution in [0.3, 0.4) is 0 Å². The predicted molar refractivity (Wildman–Crippen MR) is 126 cm³/mol. The molecule has 0 bridgehead atoms. The first kappa shape index (κ1) is 24.9. The smallest absolute Gasteiger partial charge is 0.272 e. The van der Waals surface area contributed by atoms with Crippen LogP contribution in [0.15, 0.2) is 53.6 Å². The highest BCUT2D eigenvalue weighted by Crippen LogP contribution is 2.41. The number of methoxy groups -OCH3 is 1. The van der Waals surface area contributed by atoms with Crippen LogP contribution in [-0.4, -0.2) is 37.2 Å². The van der Waals surface area contributed by atoms with Crippen LogP contribution in [0, 0.1) is 17.5 Å². The van der Waals surface area contributed by atoms with E-state index in [4.69, 9.17) is 22.1 Å². The second kappa shape index (κ2) is 9.77. The lowest BCUT2D eigenvalue weighted by Crippen LogP contribution is -2.34. The Morgan fingerprint density at radius 1 is 1.09 bits per heavy atom. The van der Waals surface area contributed by atoms with Gasteiger partial charge in [-0.3, -0.25) is 0 Å². The fraction of sp³-hybridized carbons (Fsp3) is 0.0952. The van der Waals surface area contributed by atoms with E-state index in [1.807, 2.05) is 0 Å². The summed E-state index contributed by atoms with van der Waals surface area (Å²) in [6, 6.07) is 7.93. The Morgan fingerprint density at radius 3 is 2.43 bits per heavy atom. The molecule has 2 aromatic carbocycles. The van der Waals surface area contributed by atoms with E-state index in [0.717, 1.165) is 42.7 Å². The van der Waals surface area contributed by atoms with Crippen molar-refractivity contribution in [3.8, 4) is 21.8 Å². The zero-order valence-electron chi connectivity index (χ0n) is 17.7. The van der Waals surface area contributed by atoms with Crippen molar-refractivity contribution in [1.82, 2.24) is 15.0 Å². The number of sulfonamides is 1. The number of thiazole rings is 1. The van der Waals surface area contributed by atoms with Crippen LogP contribution in [-0.2, 0) is 14.8 Å². The van der Waals surface area contributed by atoms with Gasteiger partial charge in [-0.25, -0.2) is 40.8 Å². The van der Waals surface area contributed by atoms with Gasteiger partial charge in [0, 0.05) is 18.9 Å². The summed E-state index contributed by atoms with van der Waals surface area (Å²) < 4.78 is 76.4. The van der Waals surface area contributed by atoms with E-state index in [2.05, 4.69) is 15.0 Å². The van der Waals surface area contributed by atoms with Crippen molar-refractivity contribution in [1.29, 1.82) is 0 Å². The third-order valence-corrected chi connectivity index (χ3v) is 7.60. The molecule has 0 radical (unpaired) electrons. The van der Waals surface area contributed by atoms with Crippen molar-refractivity contribution < 1.29 is 26.3 Å². The Bertz CT molecular complexity index is 1500. The van der Waals surface area contributed by atoms with Gasteiger partial charge in [-0.15, -0.1) is 0 Å². The molecule has 35 heavy (non-hydrogen) atoms. The minimum atomic E-state index is -4.92. The summed E-state index contributed by atoms with van der Waals surface area (Å²) in [5.74, 6) is -3.72. The Balaban J connectivity index is 1.90. The molecule has 14 heteroatoms. The number of halogens is 4. The van der Waals surface area contributed by atoms with Gasteiger partial charge in [0.1, 0.15) is 18.4 Å². The van der Waals surface area contributed by atoms with Crippen LogP contribution in [0.1, 0.15) is 0 Å². The fourth-order valence-electron chi connectivity index (χ4n) is 3.27. The number of hydrogen-bond acceptors (Lipinski definition) is 8. The molecule has 2 N–H and O–H groups in total. The number of aromatic nitrogens is 3. The molecule has 0 aliphatic heterocycles. The van der Waals surface area contributed by atoms with Crippen molar-refractivity contribution in [3.05, 3.63) is 71.4 Å². The lowest BCUT2D eigenvalue weighted by atomic mass is 10.1. The van der Waals surface area contributed by atoms with Gasteiger partial charge in [-0.1, -0.05) is 23.5 Å². The average Bonchev–Trinajstić information content (AvgIpc) is 3.19. The lowest BCUT2D eigenvalue weighted by molar-refractivity contribution is 0.209.